The number of benzene rings is 1. The van der Waals surface area contributed by atoms with Crippen LogP contribution in [0.15, 0.2) is 35.7 Å². The van der Waals surface area contributed by atoms with Gasteiger partial charge in [-0.2, -0.15) is 0 Å². The van der Waals surface area contributed by atoms with Gasteiger partial charge in [-0.15, -0.1) is 6.58 Å². The number of allylic oxidation sites excluding steroid dienone is 1. The average molecular weight is 307 g/mol. The minimum Gasteiger partial charge on any atom is -0.492 e. The van der Waals surface area contributed by atoms with Crippen molar-refractivity contribution < 1.29 is 17.5 Å². The van der Waals surface area contributed by atoms with E-state index >= 15 is 0 Å². The molecule has 3 nitrogen and oxygen atoms in total. The van der Waals surface area contributed by atoms with Gasteiger partial charge < -0.3 is 4.74 Å². The maximum absolute atomic E-state index is 13.0. The molecule has 0 fully saturated rings. The van der Waals surface area contributed by atoms with Crippen LogP contribution in [0.3, 0.4) is 0 Å². The lowest BCUT2D eigenvalue weighted by atomic mass is 10.2. The predicted molar refractivity (Wildman–Crippen MR) is 73.6 cm³/mol. The summed E-state index contributed by atoms with van der Waals surface area (Å²) in [4.78, 5) is -0.333. The van der Waals surface area contributed by atoms with E-state index in [1.807, 2.05) is 6.08 Å². The Bertz CT molecular complexity index is 529. The van der Waals surface area contributed by atoms with Gasteiger partial charge >= 0.3 is 0 Å². The second-order valence-corrected chi connectivity index (χ2v) is 6.55. The fraction of sp³-hybridized carbons (Fsp3) is 0.385. The highest BCUT2D eigenvalue weighted by atomic mass is 35.7. The molecule has 0 aliphatic heterocycles. The molecule has 0 amide bonds. The first-order valence-electron chi connectivity index (χ1n) is 5.93. The second-order valence-electron chi connectivity index (χ2n) is 4.02. The molecule has 0 saturated heterocycles. The molecule has 0 unspecified atom stereocenters. The molecule has 0 bridgehead atoms. The fourth-order valence-electron chi connectivity index (χ4n) is 1.54. The smallest absolute Gasteiger partial charge is 0.265 e. The molecule has 0 radical (unpaired) electrons. The number of hydrogen-bond donors (Lipinski definition) is 0. The van der Waals surface area contributed by atoms with Crippen molar-refractivity contribution in [2.24, 2.45) is 0 Å². The van der Waals surface area contributed by atoms with Crippen molar-refractivity contribution in [3.8, 4) is 5.75 Å². The maximum Gasteiger partial charge on any atom is 0.265 e. The molecule has 19 heavy (non-hydrogen) atoms. The number of unbranched alkanes of at least 4 members (excludes halogenated alkanes) is 3. The van der Waals surface area contributed by atoms with E-state index in [-0.39, 0.29) is 10.6 Å². The quantitative estimate of drug-likeness (QED) is 0.416. The minimum absolute atomic E-state index is 0.0834. The van der Waals surface area contributed by atoms with Gasteiger partial charge in [0.15, 0.2) is 0 Å². The first-order chi connectivity index (χ1) is 8.95. The number of hydrogen-bond acceptors (Lipinski definition) is 3. The summed E-state index contributed by atoms with van der Waals surface area (Å²) < 4.78 is 40.9. The Kier molecular flexibility index (Phi) is 6.31. The normalized spacial score (nSPS) is 11.3. The van der Waals surface area contributed by atoms with Crippen molar-refractivity contribution in [3.63, 3.8) is 0 Å². The first kappa shape index (κ1) is 16.0. The molecule has 6 heteroatoms. The molecule has 0 heterocycles. The van der Waals surface area contributed by atoms with Crippen molar-refractivity contribution in [2.45, 2.75) is 30.6 Å². The van der Waals surface area contributed by atoms with Crippen LogP contribution < -0.4 is 4.74 Å². The zero-order chi connectivity index (χ0) is 14.3. The maximum atomic E-state index is 13.0. The molecule has 1 rings (SSSR count). The average Bonchev–Trinajstić information content (AvgIpc) is 2.34. The molecule has 0 spiro atoms. The Morgan fingerprint density at radius 1 is 1.32 bits per heavy atom. The van der Waals surface area contributed by atoms with Crippen LogP contribution in [0.5, 0.6) is 5.75 Å². The van der Waals surface area contributed by atoms with Crippen molar-refractivity contribution in [3.05, 3.63) is 36.7 Å². The van der Waals surface area contributed by atoms with E-state index in [0.717, 1.165) is 37.8 Å². The van der Waals surface area contributed by atoms with E-state index in [0.29, 0.717) is 6.61 Å². The van der Waals surface area contributed by atoms with Gasteiger partial charge in [0.05, 0.1) is 6.61 Å². The van der Waals surface area contributed by atoms with Crippen molar-refractivity contribution in [2.75, 3.05) is 6.61 Å². The lowest BCUT2D eigenvalue weighted by molar-refractivity contribution is 0.297. The van der Waals surface area contributed by atoms with E-state index in [1.165, 1.54) is 6.07 Å². The van der Waals surface area contributed by atoms with Gasteiger partial charge in [-0.25, -0.2) is 12.8 Å². The molecular formula is C13H16ClFO3S. The summed E-state index contributed by atoms with van der Waals surface area (Å²) in [6.45, 7) is 3.99. The van der Waals surface area contributed by atoms with Crippen molar-refractivity contribution in [1.82, 2.24) is 0 Å². The third-order valence-corrected chi connectivity index (χ3v) is 3.82. The lowest BCUT2D eigenvalue weighted by Gasteiger charge is -2.09. The Morgan fingerprint density at radius 2 is 2.05 bits per heavy atom. The SMILES string of the molecule is C=CCCCCCOc1ccc(F)cc1S(=O)(=O)Cl. The highest BCUT2D eigenvalue weighted by Gasteiger charge is 2.17. The largest absolute Gasteiger partial charge is 0.492 e. The van der Waals surface area contributed by atoms with Gasteiger partial charge in [0, 0.05) is 10.7 Å². The third kappa shape index (κ3) is 5.61. The van der Waals surface area contributed by atoms with E-state index in [4.69, 9.17) is 15.4 Å². The highest BCUT2D eigenvalue weighted by molar-refractivity contribution is 8.13. The zero-order valence-corrected chi connectivity index (χ0v) is 12.0. The highest BCUT2D eigenvalue weighted by Crippen LogP contribution is 2.27. The fourth-order valence-corrected chi connectivity index (χ4v) is 2.52. The Labute approximate surface area is 117 Å². The Morgan fingerprint density at radius 3 is 2.68 bits per heavy atom. The van der Waals surface area contributed by atoms with Crippen molar-refractivity contribution >= 4 is 19.7 Å². The van der Waals surface area contributed by atoms with E-state index in [1.54, 1.807) is 0 Å². The van der Waals surface area contributed by atoms with Crippen LogP contribution in [-0.2, 0) is 9.05 Å². The van der Waals surface area contributed by atoms with Crippen LogP contribution in [-0.4, -0.2) is 15.0 Å². The molecule has 0 aliphatic rings. The van der Waals surface area contributed by atoms with Gasteiger partial charge in [-0.1, -0.05) is 6.08 Å². The monoisotopic (exact) mass is 306 g/mol. The molecule has 1 aromatic rings. The van der Waals surface area contributed by atoms with Gasteiger partial charge in [-0.3, -0.25) is 0 Å². The van der Waals surface area contributed by atoms with Crippen LogP contribution in [0.4, 0.5) is 4.39 Å². The van der Waals surface area contributed by atoms with E-state index in [9.17, 15) is 12.8 Å². The summed E-state index contributed by atoms with van der Waals surface area (Å²) in [7, 11) is 1.22. The summed E-state index contributed by atoms with van der Waals surface area (Å²) >= 11 is 0. The van der Waals surface area contributed by atoms with Crippen LogP contribution in [0.1, 0.15) is 25.7 Å². The molecular weight excluding hydrogens is 291 g/mol. The van der Waals surface area contributed by atoms with Crippen LogP contribution in [0, 0.1) is 5.82 Å². The molecule has 1 aromatic carbocycles. The van der Waals surface area contributed by atoms with Gasteiger partial charge in [-0.05, 0) is 43.9 Å². The third-order valence-electron chi connectivity index (χ3n) is 2.48. The number of ether oxygens (including phenoxy) is 1. The second kappa shape index (κ2) is 7.50. The van der Waals surface area contributed by atoms with Gasteiger partial charge in [0.25, 0.3) is 9.05 Å². The van der Waals surface area contributed by atoms with Crippen LogP contribution >= 0.6 is 10.7 Å². The molecule has 0 aliphatic carbocycles. The standard InChI is InChI=1S/C13H16ClFO3S/c1-2-3-4-5-6-9-18-12-8-7-11(15)10-13(12)19(14,16)17/h2,7-8,10H,1,3-6,9H2. The molecule has 0 N–H and O–H groups in total. The summed E-state index contributed by atoms with van der Waals surface area (Å²) in [6.07, 6.45) is 5.54. The molecule has 0 saturated carbocycles. The lowest BCUT2D eigenvalue weighted by Crippen LogP contribution is -2.02. The summed E-state index contributed by atoms with van der Waals surface area (Å²) in [5.41, 5.74) is 0. The zero-order valence-electron chi connectivity index (χ0n) is 10.4. The Hall–Kier alpha value is -1.07. The summed E-state index contributed by atoms with van der Waals surface area (Å²) in [5.74, 6) is -0.585. The summed E-state index contributed by atoms with van der Waals surface area (Å²) in [6, 6.07) is 3.27. The summed E-state index contributed by atoms with van der Waals surface area (Å²) in [5, 5.41) is 0. The Balaban J connectivity index is 2.61. The van der Waals surface area contributed by atoms with Crippen LogP contribution in [0.25, 0.3) is 0 Å². The number of rotatable bonds is 8. The topological polar surface area (TPSA) is 43.4 Å². The van der Waals surface area contributed by atoms with E-state index in [2.05, 4.69) is 6.58 Å². The minimum atomic E-state index is -4.01. The van der Waals surface area contributed by atoms with Gasteiger partial charge in [0.1, 0.15) is 16.5 Å². The molecule has 0 aromatic heterocycles. The number of halogens is 2. The van der Waals surface area contributed by atoms with E-state index < -0.39 is 14.9 Å². The van der Waals surface area contributed by atoms with Crippen LogP contribution in [0.2, 0.25) is 0 Å². The molecule has 106 valence electrons. The van der Waals surface area contributed by atoms with Crippen molar-refractivity contribution in [1.29, 1.82) is 0 Å². The molecule has 0 atom stereocenters. The van der Waals surface area contributed by atoms with Gasteiger partial charge in [0.2, 0.25) is 0 Å². The first-order valence-corrected chi connectivity index (χ1v) is 8.24. The predicted octanol–water partition coefficient (Wildman–Crippen LogP) is 3.88.